The van der Waals surface area contributed by atoms with Crippen molar-refractivity contribution >= 4 is 39.3 Å². The number of nitrogens with zero attached hydrogens (tertiary/aromatic N) is 5. The number of aliphatic hydroxyl groups excluding tert-OH is 3. The predicted octanol–water partition coefficient (Wildman–Crippen LogP) is 2.68. The molecular weight excluding hydrogens is 560 g/mol. The van der Waals surface area contributed by atoms with Crippen molar-refractivity contribution in [3.05, 3.63) is 57.4 Å². The van der Waals surface area contributed by atoms with E-state index in [1.807, 2.05) is 6.07 Å². The fraction of sp³-hybridized carbons (Fsp3) is 0.300. The third-order valence-electron chi connectivity index (χ3n) is 5.11. The summed E-state index contributed by atoms with van der Waals surface area (Å²) in [5.74, 6) is -1.96. The topological polar surface area (TPSA) is 137 Å². The standard InChI is InChI=1S/C20H15BrClF2N5O4S/c21-9-3-15(12(4-25)26-5-9)34-20-19(32)17(18(31)14(7-30)33-20)29-6-13(27-28-29)8-1-10(23)16(22)11(24)2-8/h1-3,5-6,14,17-20,30-32H,7H2/t14-,17+,18+,19-,20-/m1/s1. The fourth-order valence-electron chi connectivity index (χ4n) is 3.46. The van der Waals surface area contributed by atoms with Gasteiger partial charge in [-0.1, -0.05) is 28.6 Å². The Morgan fingerprint density at radius 2 is 1.94 bits per heavy atom. The predicted molar refractivity (Wildman–Crippen MR) is 120 cm³/mol. The molecule has 14 heteroatoms. The summed E-state index contributed by atoms with van der Waals surface area (Å²) in [5.41, 5.74) is -0.827. The van der Waals surface area contributed by atoms with Gasteiger partial charge in [-0.15, -0.1) is 5.10 Å². The summed E-state index contributed by atoms with van der Waals surface area (Å²) in [4.78, 5) is 4.41. The van der Waals surface area contributed by atoms with Gasteiger partial charge < -0.3 is 20.1 Å². The molecule has 4 rings (SSSR count). The molecule has 0 unspecified atom stereocenters. The summed E-state index contributed by atoms with van der Waals surface area (Å²) in [6, 6.07) is 4.40. The maximum atomic E-state index is 13.9. The lowest BCUT2D eigenvalue weighted by atomic mass is 9.97. The van der Waals surface area contributed by atoms with Gasteiger partial charge in [0, 0.05) is 21.1 Å². The molecule has 3 heterocycles. The van der Waals surface area contributed by atoms with Crippen molar-refractivity contribution < 1.29 is 28.8 Å². The van der Waals surface area contributed by atoms with Crippen molar-refractivity contribution in [1.29, 1.82) is 5.26 Å². The molecule has 1 aromatic carbocycles. The van der Waals surface area contributed by atoms with Crippen LogP contribution in [0.2, 0.25) is 5.02 Å². The summed E-state index contributed by atoms with van der Waals surface area (Å²) in [6.07, 6.45) is -1.15. The number of thioether (sulfide) groups is 1. The molecule has 0 radical (unpaired) electrons. The average molecular weight is 575 g/mol. The van der Waals surface area contributed by atoms with Gasteiger partial charge in [-0.05, 0) is 34.1 Å². The minimum absolute atomic E-state index is 0.0465. The highest BCUT2D eigenvalue weighted by Gasteiger charge is 2.46. The Bertz CT molecular complexity index is 1240. The van der Waals surface area contributed by atoms with Crippen LogP contribution >= 0.6 is 39.3 Å². The Morgan fingerprint density at radius 1 is 1.24 bits per heavy atom. The summed E-state index contributed by atoms with van der Waals surface area (Å²) in [5, 5.41) is 48.0. The lowest BCUT2D eigenvalue weighted by Crippen LogP contribution is -2.55. The molecule has 2 aromatic heterocycles. The number of nitriles is 1. The van der Waals surface area contributed by atoms with Gasteiger partial charge in [0.05, 0.1) is 12.8 Å². The van der Waals surface area contributed by atoms with Crippen LogP contribution in [0.3, 0.4) is 0 Å². The van der Waals surface area contributed by atoms with Gasteiger partial charge >= 0.3 is 0 Å². The number of hydrogen-bond donors (Lipinski definition) is 3. The summed E-state index contributed by atoms with van der Waals surface area (Å²) >= 11 is 9.78. The molecule has 0 saturated carbocycles. The van der Waals surface area contributed by atoms with Gasteiger partial charge in [0.15, 0.2) is 5.69 Å². The van der Waals surface area contributed by atoms with Crippen LogP contribution < -0.4 is 0 Å². The van der Waals surface area contributed by atoms with Gasteiger partial charge in [-0.3, -0.25) is 0 Å². The Morgan fingerprint density at radius 3 is 2.59 bits per heavy atom. The number of hydrogen-bond acceptors (Lipinski definition) is 9. The minimum atomic E-state index is -1.40. The average Bonchev–Trinajstić information content (AvgIpc) is 3.29. The highest BCUT2D eigenvalue weighted by atomic mass is 79.9. The van der Waals surface area contributed by atoms with Crippen LogP contribution in [-0.2, 0) is 4.74 Å². The fourth-order valence-corrected chi connectivity index (χ4v) is 5.20. The van der Waals surface area contributed by atoms with E-state index >= 15 is 0 Å². The molecule has 1 aliphatic heterocycles. The SMILES string of the molecule is N#Cc1ncc(Br)cc1S[C@H]1O[C@H](CO)[C@H](O)[C@H](n2cc(-c3cc(F)c(Cl)c(F)c3)nn2)[C@H]1O. The monoisotopic (exact) mass is 573 g/mol. The number of aromatic nitrogens is 4. The Balaban J connectivity index is 1.66. The van der Waals surface area contributed by atoms with Crippen molar-refractivity contribution in [3.63, 3.8) is 0 Å². The first-order chi connectivity index (χ1) is 16.2. The molecule has 0 amide bonds. The maximum absolute atomic E-state index is 13.9. The Hall–Kier alpha value is -2.18. The normalized spacial score (nSPS) is 24.7. The molecule has 3 N–H and O–H groups in total. The Labute approximate surface area is 209 Å². The van der Waals surface area contributed by atoms with Crippen molar-refractivity contribution in [2.24, 2.45) is 0 Å². The van der Waals surface area contributed by atoms with Gasteiger partial charge in [0.25, 0.3) is 0 Å². The van der Waals surface area contributed by atoms with Crippen molar-refractivity contribution in [2.75, 3.05) is 6.61 Å². The van der Waals surface area contributed by atoms with Gasteiger partial charge in [-0.25, -0.2) is 18.4 Å². The lowest BCUT2D eigenvalue weighted by Gasteiger charge is -2.41. The molecule has 178 valence electrons. The molecule has 1 fully saturated rings. The smallest absolute Gasteiger partial charge is 0.154 e. The van der Waals surface area contributed by atoms with E-state index < -0.39 is 53.1 Å². The molecular formula is C20H15BrClF2N5O4S. The number of pyridine rings is 1. The molecule has 1 aliphatic rings. The van der Waals surface area contributed by atoms with Crippen molar-refractivity contribution in [2.45, 2.75) is 34.7 Å². The molecule has 9 nitrogen and oxygen atoms in total. The first-order valence-electron chi connectivity index (χ1n) is 9.65. The first kappa shape index (κ1) is 24.9. The number of aliphatic hydroxyl groups is 3. The van der Waals surface area contributed by atoms with E-state index in [2.05, 4.69) is 31.2 Å². The molecule has 3 aromatic rings. The van der Waals surface area contributed by atoms with Crippen LogP contribution in [0.1, 0.15) is 11.7 Å². The van der Waals surface area contributed by atoms with Crippen molar-refractivity contribution in [1.82, 2.24) is 20.0 Å². The lowest BCUT2D eigenvalue weighted by molar-refractivity contribution is -0.178. The van der Waals surface area contributed by atoms with E-state index in [1.54, 1.807) is 6.07 Å². The highest BCUT2D eigenvalue weighted by molar-refractivity contribution is 9.10. The summed E-state index contributed by atoms with van der Waals surface area (Å²) in [6.45, 7) is -0.571. The first-order valence-corrected chi connectivity index (χ1v) is 11.7. The van der Waals surface area contributed by atoms with E-state index in [-0.39, 0.29) is 17.0 Å². The molecule has 0 bridgehead atoms. The molecule has 5 atom stereocenters. The number of halogens is 4. The minimum Gasteiger partial charge on any atom is -0.394 e. The summed E-state index contributed by atoms with van der Waals surface area (Å²) in [7, 11) is 0. The van der Waals surface area contributed by atoms with Crippen LogP contribution in [0.15, 0.2) is 40.0 Å². The van der Waals surface area contributed by atoms with Gasteiger partial charge in [0.1, 0.15) is 58.2 Å². The highest BCUT2D eigenvalue weighted by Crippen LogP contribution is 2.39. The molecule has 0 spiro atoms. The molecule has 34 heavy (non-hydrogen) atoms. The third-order valence-corrected chi connectivity index (χ3v) is 7.09. The zero-order valence-corrected chi connectivity index (χ0v) is 20.0. The largest absolute Gasteiger partial charge is 0.394 e. The number of rotatable bonds is 5. The summed E-state index contributed by atoms with van der Waals surface area (Å²) < 4.78 is 35.2. The van der Waals surface area contributed by atoms with E-state index in [0.29, 0.717) is 9.37 Å². The van der Waals surface area contributed by atoms with E-state index in [1.165, 1.54) is 12.4 Å². The number of benzene rings is 1. The van der Waals surface area contributed by atoms with Crippen LogP contribution in [0.5, 0.6) is 0 Å². The second kappa shape index (κ2) is 10.2. The molecule has 0 aliphatic carbocycles. The van der Waals surface area contributed by atoms with Gasteiger partial charge in [-0.2, -0.15) is 5.26 Å². The maximum Gasteiger partial charge on any atom is 0.154 e. The second-order valence-corrected chi connectivity index (χ2v) is 9.70. The third kappa shape index (κ3) is 4.80. The van der Waals surface area contributed by atoms with E-state index in [0.717, 1.165) is 28.6 Å². The van der Waals surface area contributed by atoms with Crippen molar-refractivity contribution in [3.8, 4) is 17.3 Å². The Kier molecular flexibility index (Phi) is 7.48. The number of ether oxygens (including phenoxy) is 1. The van der Waals surface area contributed by atoms with E-state index in [4.69, 9.17) is 16.3 Å². The van der Waals surface area contributed by atoms with Crippen LogP contribution in [0.4, 0.5) is 8.78 Å². The quantitative estimate of drug-likeness (QED) is 0.393. The van der Waals surface area contributed by atoms with Crippen LogP contribution in [-0.4, -0.2) is 65.7 Å². The van der Waals surface area contributed by atoms with Gasteiger partial charge in [0.2, 0.25) is 0 Å². The van der Waals surface area contributed by atoms with E-state index in [9.17, 15) is 29.4 Å². The zero-order chi connectivity index (χ0) is 24.6. The molecule has 1 saturated heterocycles. The zero-order valence-electron chi connectivity index (χ0n) is 16.9. The van der Waals surface area contributed by atoms with Crippen LogP contribution in [0.25, 0.3) is 11.3 Å². The van der Waals surface area contributed by atoms with Crippen LogP contribution in [0, 0.1) is 23.0 Å². The second-order valence-electron chi connectivity index (χ2n) is 7.26.